The third-order valence-corrected chi connectivity index (χ3v) is 7.02. The van der Waals surface area contributed by atoms with Crippen LogP contribution < -0.4 is 15.8 Å². The van der Waals surface area contributed by atoms with Crippen LogP contribution in [0.4, 0.5) is 15.8 Å². The predicted molar refractivity (Wildman–Crippen MR) is 111 cm³/mol. The topological polar surface area (TPSA) is 132 Å². The molecule has 3 heterocycles. The highest BCUT2D eigenvalue weighted by Crippen LogP contribution is 2.31. The molecule has 0 saturated heterocycles. The number of pyridine rings is 1. The lowest BCUT2D eigenvalue weighted by Gasteiger charge is -2.24. The molecule has 30 heavy (non-hydrogen) atoms. The molecule has 0 bridgehead atoms. The number of aliphatic imine (C=N–C) groups is 1. The summed E-state index contributed by atoms with van der Waals surface area (Å²) in [5, 5.41) is 2.27. The Morgan fingerprint density at radius 3 is 2.80 bits per heavy atom. The Balaban J connectivity index is 1.71. The average Bonchev–Trinajstić information content (AvgIpc) is 2.72. The second-order valence-corrected chi connectivity index (χ2v) is 9.21. The lowest BCUT2D eigenvalue weighted by Crippen LogP contribution is -2.40. The molecule has 11 heteroatoms. The van der Waals surface area contributed by atoms with Crippen LogP contribution >= 0.6 is 0 Å². The summed E-state index contributed by atoms with van der Waals surface area (Å²) >= 11 is 0. The predicted octanol–water partition coefficient (Wildman–Crippen LogP) is 2.13. The maximum atomic E-state index is 14.5. The van der Waals surface area contributed by atoms with Crippen LogP contribution in [-0.2, 0) is 9.84 Å². The van der Waals surface area contributed by atoms with Crippen LogP contribution in [0.25, 0.3) is 11.2 Å². The van der Waals surface area contributed by atoms with E-state index in [1.54, 1.807) is 12.3 Å². The molecule has 1 aromatic carbocycles. The average molecular weight is 430 g/mol. The summed E-state index contributed by atoms with van der Waals surface area (Å²) in [5.41, 5.74) is 7.93. The zero-order valence-electron chi connectivity index (χ0n) is 16.2. The number of methoxy groups -OCH3 is 1. The van der Waals surface area contributed by atoms with Crippen LogP contribution in [0.3, 0.4) is 0 Å². The molecule has 9 nitrogen and oxygen atoms in total. The van der Waals surface area contributed by atoms with E-state index in [-0.39, 0.29) is 17.2 Å². The molecule has 0 spiro atoms. The third-order valence-electron chi connectivity index (χ3n) is 4.92. The Morgan fingerprint density at radius 2 is 2.07 bits per heavy atom. The monoisotopic (exact) mass is 430 g/mol. The maximum Gasteiger partial charge on any atom is 0.234 e. The van der Waals surface area contributed by atoms with Gasteiger partial charge < -0.3 is 15.8 Å². The SMILES string of the molecule is COc1cnc2c(Nc3ccc(F)c(C4CS(=O)(=O)C(C)C(N)=N4)c3)ccnc2n1. The molecule has 0 aliphatic carbocycles. The molecule has 4 rings (SSSR count). The maximum absolute atomic E-state index is 14.5. The quantitative estimate of drug-likeness (QED) is 0.643. The van der Waals surface area contributed by atoms with E-state index >= 15 is 0 Å². The summed E-state index contributed by atoms with van der Waals surface area (Å²) in [6, 6.07) is 5.11. The number of hydrogen-bond donors (Lipinski definition) is 2. The van der Waals surface area contributed by atoms with Gasteiger partial charge in [-0.25, -0.2) is 22.8 Å². The third kappa shape index (κ3) is 3.63. The highest BCUT2D eigenvalue weighted by Gasteiger charge is 2.34. The Hall–Kier alpha value is -3.34. The number of halogens is 1. The number of nitrogens with zero attached hydrogens (tertiary/aromatic N) is 4. The molecule has 2 atom stereocenters. The van der Waals surface area contributed by atoms with Crippen LogP contribution in [-0.4, -0.2) is 47.3 Å². The number of nitrogens with one attached hydrogen (secondary N) is 1. The number of nitrogens with two attached hydrogens (primary N) is 1. The van der Waals surface area contributed by atoms with Crippen molar-refractivity contribution in [1.29, 1.82) is 0 Å². The summed E-state index contributed by atoms with van der Waals surface area (Å²) in [7, 11) is -2.03. The Morgan fingerprint density at radius 1 is 1.27 bits per heavy atom. The smallest absolute Gasteiger partial charge is 0.234 e. The molecule has 1 aliphatic heterocycles. The van der Waals surface area contributed by atoms with Gasteiger partial charge in [-0.3, -0.25) is 4.99 Å². The number of ether oxygens (including phenoxy) is 1. The van der Waals surface area contributed by atoms with Crippen molar-refractivity contribution in [3.05, 3.63) is 48.0 Å². The van der Waals surface area contributed by atoms with E-state index < -0.39 is 26.9 Å². The first kappa shape index (κ1) is 20.0. The summed E-state index contributed by atoms with van der Waals surface area (Å²) in [4.78, 5) is 16.9. The first-order valence-corrected chi connectivity index (χ1v) is 10.8. The minimum Gasteiger partial charge on any atom is -0.480 e. The fraction of sp³-hybridized carbons (Fsp3) is 0.263. The number of sulfone groups is 1. The number of hydrogen-bond acceptors (Lipinski definition) is 9. The van der Waals surface area contributed by atoms with Gasteiger partial charge in [-0.1, -0.05) is 0 Å². The summed E-state index contributed by atoms with van der Waals surface area (Å²) in [6.45, 7) is 1.48. The first-order chi connectivity index (χ1) is 14.3. The second kappa shape index (κ2) is 7.48. The van der Waals surface area contributed by atoms with Crippen molar-refractivity contribution in [2.75, 3.05) is 18.2 Å². The number of anilines is 2. The van der Waals surface area contributed by atoms with Gasteiger partial charge in [-0.2, -0.15) is 4.98 Å². The van der Waals surface area contributed by atoms with Crippen molar-refractivity contribution >= 4 is 38.2 Å². The van der Waals surface area contributed by atoms with Crippen molar-refractivity contribution in [1.82, 2.24) is 15.0 Å². The Bertz CT molecular complexity index is 1260. The zero-order valence-corrected chi connectivity index (χ0v) is 17.0. The van der Waals surface area contributed by atoms with Gasteiger partial charge in [-0.05, 0) is 31.2 Å². The van der Waals surface area contributed by atoms with Gasteiger partial charge in [0.1, 0.15) is 22.4 Å². The van der Waals surface area contributed by atoms with E-state index in [0.717, 1.165) is 0 Å². The van der Waals surface area contributed by atoms with Crippen LogP contribution in [0.5, 0.6) is 5.88 Å². The fourth-order valence-electron chi connectivity index (χ4n) is 3.17. The highest BCUT2D eigenvalue weighted by atomic mass is 32.2. The molecular weight excluding hydrogens is 411 g/mol. The normalized spacial score (nSPS) is 20.6. The number of fused-ring (bicyclic) bond motifs is 1. The van der Waals surface area contributed by atoms with Gasteiger partial charge in [0.05, 0.1) is 30.8 Å². The largest absolute Gasteiger partial charge is 0.480 e. The van der Waals surface area contributed by atoms with E-state index in [4.69, 9.17) is 10.5 Å². The lowest BCUT2D eigenvalue weighted by molar-refractivity contribution is 0.397. The molecule has 2 unspecified atom stereocenters. The fourth-order valence-corrected chi connectivity index (χ4v) is 4.58. The standard InChI is InChI=1S/C19H19FN6O3S/c1-10-18(21)25-15(9-30(10,27)28)12-7-11(3-4-13(12)20)24-14-5-6-22-19-17(14)23-8-16(26-19)29-2/h3-8,10,15H,9H2,1-2H3,(H2,21,25)(H,22,24,26). The molecule has 3 aromatic rings. The number of rotatable bonds is 4. The minimum atomic E-state index is -3.51. The molecule has 0 saturated carbocycles. The van der Waals surface area contributed by atoms with Gasteiger partial charge in [0.25, 0.3) is 0 Å². The zero-order chi connectivity index (χ0) is 21.5. The highest BCUT2D eigenvalue weighted by molar-refractivity contribution is 7.92. The van der Waals surface area contributed by atoms with E-state index in [1.165, 1.54) is 38.4 Å². The van der Waals surface area contributed by atoms with Crippen LogP contribution in [0.1, 0.15) is 18.5 Å². The van der Waals surface area contributed by atoms with E-state index in [9.17, 15) is 12.8 Å². The molecule has 1 aliphatic rings. The lowest BCUT2D eigenvalue weighted by atomic mass is 10.1. The number of aromatic nitrogens is 3. The molecule has 0 radical (unpaired) electrons. The second-order valence-electron chi connectivity index (χ2n) is 6.85. The van der Waals surface area contributed by atoms with E-state index in [1.807, 2.05) is 0 Å². The number of benzene rings is 1. The van der Waals surface area contributed by atoms with Crippen LogP contribution in [0.2, 0.25) is 0 Å². The van der Waals surface area contributed by atoms with Crippen molar-refractivity contribution in [2.45, 2.75) is 18.2 Å². The van der Waals surface area contributed by atoms with Gasteiger partial charge >= 0.3 is 0 Å². The van der Waals surface area contributed by atoms with Crippen molar-refractivity contribution in [2.24, 2.45) is 10.7 Å². The molecule has 0 fully saturated rings. The Labute approximate surface area is 172 Å². The first-order valence-electron chi connectivity index (χ1n) is 9.05. The van der Waals surface area contributed by atoms with Gasteiger partial charge in [-0.15, -0.1) is 0 Å². The van der Waals surface area contributed by atoms with Crippen LogP contribution in [0.15, 0.2) is 41.7 Å². The van der Waals surface area contributed by atoms with Crippen LogP contribution in [0, 0.1) is 5.82 Å². The number of amidine groups is 1. The van der Waals surface area contributed by atoms with Gasteiger partial charge in [0, 0.05) is 17.4 Å². The molecule has 3 N–H and O–H groups in total. The molecule has 0 amide bonds. The summed E-state index contributed by atoms with van der Waals surface area (Å²) in [6.07, 6.45) is 3.03. The van der Waals surface area contributed by atoms with E-state index in [0.29, 0.717) is 28.4 Å². The van der Waals surface area contributed by atoms with Crippen molar-refractivity contribution < 1.29 is 17.5 Å². The Kier molecular flexibility index (Phi) is 4.98. The van der Waals surface area contributed by atoms with Crippen molar-refractivity contribution in [3.8, 4) is 5.88 Å². The van der Waals surface area contributed by atoms with Gasteiger partial charge in [0.15, 0.2) is 15.5 Å². The van der Waals surface area contributed by atoms with Crippen molar-refractivity contribution in [3.63, 3.8) is 0 Å². The molecule has 156 valence electrons. The molecule has 2 aromatic heterocycles. The van der Waals surface area contributed by atoms with E-state index in [2.05, 4.69) is 25.3 Å². The minimum absolute atomic E-state index is 0.0200. The summed E-state index contributed by atoms with van der Waals surface area (Å²) < 4.78 is 44.2. The van der Waals surface area contributed by atoms with Gasteiger partial charge in [0.2, 0.25) is 5.88 Å². The molecular formula is C19H19FN6O3S. The summed E-state index contributed by atoms with van der Waals surface area (Å²) in [5.74, 6) is -0.553.